The van der Waals surface area contributed by atoms with E-state index in [1.54, 1.807) is 0 Å². The Labute approximate surface area is 101 Å². The molecule has 0 radical (unpaired) electrons. The molecule has 1 N–H and O–H groups in total. The zero-order valence-electron chi connectivity index (χ0n) is 9.63. The zero-order valence-corrected chi connectivity index (χ0v) is 9.63. The first-order valence-electron chi connectivity index (χ1n) is 5.78. The number of allylic oxidation sites excluding steroid dienone is 2. The molecule has 17 heavy (non-hydrogen) atoms. The van der Waals surface area contributed by atoms with E-state index in [2.05, 4.69) is 0 Å². The highest BCUT2D eigenvalue weighted by atomic mass is 16.5. The molecule has 0 saturated carbocycles. The number of rotatable bonds is 4. The minimum Gasteiger partial charge on any atom is -0.512 e. The third kappa shape index (κ3) is 3.71. The monoisotopic (exact) mass is 232 g/mol. The summed E-state index contributed by atoms with van der Waals surface area (Å²) in [5.41, 5.74) is 1.12. The van der Waals surface area contributed by atoms with Crippen LogP contribution in [0.5, 0.6) is 0 Å². The summed E-state index contributed by atoms with van der Waals surface area (Å²) in [6.07, 6.45) is 2.33. The van der Waals surface area contributed by atoms with Crippen molar-refractivity contribution >= 4 is 5.78 Å². The van der Waals surface area contributed by atoms with Crippen molar-refractivity contribution in [2.24, 2.45) is 5.92 Å². The molecule has 3 nitrogen and oxygen atoms in total. The first-order chi connectivity index (χ1) is 8.24. The first-order valence-corrected chi connectivity index (χ1v) is 5.78. The smallest absolute Gasteiger partial charge is 0.159 e. The molecule has 3 heteroatoms. The van der Waals surface area contributed by atoms with Gasteiger partial charge in [0.25, 0.3) is 0 Å². The number of carbonyl (C=O) groups excluding carboxylic acids is 1. The lowest BCUT2D eigenvalue weighted by atomic mass is 9.93. The number of ether oxygens (including phenoxy) is 1. The molecular formula is C14H16O3. The molecule has 0 aliphatic heterocycles. The maximum absolute atomic E-state index is 11.2. The summed E-state index contributed by atoms with van der Waals surface area (Å²) in [7, 11) is 0. The lowest BCUT2D eigenvalue weighted by Gasteiger charge is -2.18. The standard InChI is InChI=1S/C14H16O3/c15-13-6-12(7-14(16)8-13)10-17-9-11-4-2-1-3-5-11/h1-5,8,12,15H,6-7,9-10H2. The van der Waals surface area contributed by atoms with Gasteiger partial charge in [0, 0.05) is 18.9 Å². The van der Waals surface area contributed by atoms with Crippen LogP contribution in [0, 0.1) is 5.92 Å². The molecule has 0 spiro atoms. The Kier molecular flexibility index (Phi) is 3.94. The minimum atomic E-state index is -0.0120. The van der Waals surface area contributed by atoms with Crippen molar-refractivity contribution in [1.82, 2.24) is 0 Å². The summed E-state index contributed by atoms with van der Waals surface area (Å²) in [6.45, 7) is 1.06. The van der Waals surface area contributed by atoms with Crippen molar-refractivity contribution < 1.29 is 14.6 Å². The van der Waals surface area contributed by atoms with E-state index >= 15 is 0 Å². The van der Waals surface area contributed by atoms with E-state index in [0.29, 0.717) is 26.1 Å². The fourth-order valence-corrected chi connectivity index (χ4v) is 1.99. The van der Waals surface area contributed by atoms with E-state index < -0.39 is 0 Å². The maximum atomic E-state index is 11.2. The molecule has 90 valence electrons. The van der Waals surface area contributed by atoms with Crippen LogP contribution in [-0.4, -0.2) is 17.5 Å². The average Bonchev–Trinajstić information content (AvgIpc) is 2.29. The normalized spacial score (nSPS) is 20.1. The Morgan fingerprint density at radius 3 is 2.71 bits per heavy atom. The predicted molar refractivity (Wildman–Crippen MR) is 64.5 cm³/mol. The second-order valence-corrected chi connectivity index (χ2v) is 4.38. The van der Waals surface area contributed by atoms with Gasteiger partial charge in [-0.1, -0.05) is 30.3 Å². The van der Waals surface area contributed by atoms with E-state index in [4.69, 9.17) is 4.74 Å². The molecule has 0 fully saturated rings. The lowest BCUT2D eigenvalue weighted by molar-refractivity contribution is -0.116. The van der Waals surface area contributed by atoms with Gasteiger partial charge in [-0.3, -0.25) is 4.79 Å². The lowest BCUT2D eigenvalue weighted by Crippen LogP contribution is -2.18. The molecule has 1 unspecified atom stereocenters. The van der Waals surface area contributed by atoms with Crippen molar-refractivity contribution in [3.63, 3.8) is 0 Å². The van der Waals surface area contributed by atoms with Gasteiger partial charge in [-0.25, -0.2) is 0 Å². The van der Waals surface area contributed by atoms with Gasteiger partial charge in [-0.15, -0.1) is 0 Å². The second kappa shape index (κ2) is 5.64. The molecule has 1 aliphatic rings. The maximum Gasteiger partial charge on any atom is 0.159 e. The summed E-state index contributed by atoms with van der Waals surface area (Å²) in [4.78, 5) is 11.2. The highest BCUT2D eigenvalue weighted by Crippen LogP contribution is 2.20. The molecule has 1 atom stereocenters. The fraction of sp³-hybridized carbons (Fsp3) is 0.357. The SMILES string of the molecule is O=C1C=C(O)CC(COCc2ccccc2)C1. The predicted octanol–water partition coefficient (Wildman–Crippen LogP) is 2.62. The van der Waals surface area contributed by atoms with Gasteiger partial charge in [-0.2, -0.15) is 0 Å². The summed E-state index contributed by atoms with van der Waals surface area (Å²) in [6, 6.07) is 9.91. The Morgan fingerprint density at radius 2 is 2.00 bits per heavy atom. The number of benzene rings is 1. The van der Waals surface area contributed by atoms with Crippen LogP contribution < -0.4 is 0 Å². The third-order valence-electron chi connectivity index (χ3n) is 2.78. The van der Waals surface area contributed by atoms with E-state index in [-0.39, 0.29) is 17.5 Å². The minimum absolute atomic E-state index is 0.0120. The molecular weight excluding hydrogens is 216 g/mol. The van der Waals surface area contributed by atoms with Crippen molar-refractivity contribution in [3.05, 3.63) is 47.7 Å². The van der Waals surface area contributed by atoms with Gasteiger partial charge in [-0.05, 0) is 11.5 Å². The van der Waals surface area contributed by atoms with Crippen molar-refractivity contribution in [1.29, 1.82) is 0 Å². The van der Waals surface area contributed by atoms with E-state index in [1.165, 1.54) is 6.08 Å². The summed E-state index contributed by atoms with van der Waals surface area (Å²) >= 11 is 0. The quantitative estimate of drug-likeness (QED) is 0.868. The van der Waals surface area contributed by atoms with Gasteiger partial charge in [0.15, 0.2) is 5.78 Å². The highest BCUT2D eigenvalue weighted by Gasteiger charge is 2.20. The van der Waals surface area contributed by atoms with Crippen LogP contribution in [0.25, 0.3) is 0 Å². The van der Waals surface area contributed by atoms with Crippen LogP contribution in [0.2, 0.25) is 0 Å². The van der Waals surface area contributed by atoms with E-state index in [1.807, 2.05) is 30.3 Å². The number of aliphatic hydroxyl groups is 1. The van der Waals surface area contributed by atoms with E-state index in [0.717, 1.165) is 5.56 Å². The van der Waals surface area contributed by atoms with Crippen molar-refractivity contribution in [3.8, 4) is 0 Å². The molecule has 1 aromatic rings. The Hall–Kier alpha value is -1.61. The van der Waals surface area contributed by atoms with Gasteiger partial charge in [0.2, 0.25) is 0 Å². The molecule has 1 aromatic carbocycles. The Morgan fingerprint density at radius 1 is 1.24 bits per heavy atom. The summed E-state index contributed by atoms with van der Waals surface area (Å²) < 4.78 is 5.57. The molecule has 0 bridgehead atoms. The van der Waals surface area contributed by atoms with Gasteiger partial charge in [0.1, 0.15) is 0 Å². The van der Waals surface area contributed by atoms with Crippen molar-refractivity contribution in [2.75, 3.05) is 6.61 Å². The topological polar surface area (TPSA) is 46.5 Å². The number of carbonyl (C=O) groups is 1. The Balaban J connectivity index is 1.76. The van der Waals surface area contributed by atoms with Crippen LogP contribution >= 0.6 is 0 Å². The zero-order chi connectivity index (χ0) is 12.1. The largest absolute Gasteiger partial charge is 0.512 e. The first kappa shape index (κ1) is 11.9. The average molecular weight is 232 g/mol. The number of aliphatic hydroxyl groups excluding tert-OH is 1. The molecule has 0 heterocycles. The van der Waals surface area contributed by atoms with Gasteiger partial charge >= 0.3 is 0 Å². The molecule has 0 amide bonds. The van der Waals surface area contributed by atoms with Crippen LogP contribution in [0.4, 0.5) is 0 Å². The number of ketones is 1. The Bertz CT molecular complexity index is 409. The second-order valence-electron chi connectivity index (χ2n) is 4.38. The molecule has 1 aliphatic carbocycles. The highest BCUT2D eigenvalue weighted by molar-refractivity contribution is 5.91. The van der Waals surface area contributed by atoms with Crippen molar-refractivity contribution in [2.45, 2.75) is 19.4 Å². The van der Waals surface area contributed by atoms with Gasteiger partial charge in [0.05, 0.1) is 19.0 Å². The fourth-order valence-electron chi connectivity index (χ4n) is 1.99. The molecule has 0 aromatic heterocycles. The van der Waals surface area contributed by atoms with Crippen LogP contribution in [0.3, 0.4) is 0 Å². The van der Waals surface area contributed by atoms with E-state index in [9.17, 15) is 9.90 Å². The summed E-state index contributed by atoms with van der Waals surface area (Å²) in [5, 5.41) is 9.35. The number of hydrogen-bond acceptors (Lipinski definition) is 3. The van der Waals surface area contributed by atoms with Crippen LogP contribution in [0.1, 0.15) is 18.4 Å². The van der Waals surface area contributed by atoms with Gasteiger partial charge < -0.3 is 9.84 Å². The summed E-state index contributed by atoms with van der Waals surface area (Å²) in [5.74, 6) is 0.271. The van der Waals surface area contributed by atoms with Crippen LogP contribution in [0.15, 0.2) is 42.2 Å². The third-order valence-corrected chi connectivity index (χ3v) is 2.78. The number of hydrogen-bond donors (Lipinski definition) is 1. The molecule has 2 rings (SSSR count). The molecule has 0 saturated heterocycles. The van der Waals surface area contributed by atoms with Crippen LogP contribution in [-0.2, 0) is 16.1 Å².